The van der Waals surface area contributed by atoms with Crippen molar-refractivity contribution in [3.8, 4) is 0 Å². The number of nitrogens with two attached hydrogens (primary N) is 1. The highest BCUT2D eigenvalue weighted by atomic mass is 19.1. The number of hydrogen-bond acceptors (Lipinski definition) is 3. The van der Waals surface area contributed by atoms with Crippen molar-refractivity contribution in [3.63, 3.8) is 0 Å². The van der Waals surface area contributed by atoms with Gasteiger partial charge in [0.2, 0.25) is 5.78 Å². The molecular weight excluding hydrogens is 323 g/mol. The number of hydrogen-bond donors (Lipinski definition) is 2. The third-order valence-electron chi connectivity index (χ3n) is 4.23. The quantitative estimate of drug-likeness (QED) is 0.596. The normalized spacial score (nSPS) is 12.0. The number of esters is 1. The number of nitrogens with one attached hydrogen (secondary N) is 1. The molecule has 134 valence electrons. The van der Waals surface area contributed by atoms with E-state index < -0.39 is 12.0 Å². The lowest BCUT2D eigenvalue weighted by molar-refractivity contribution is -0.687. The maximum atomic E-state index is 13.7. The van der Waals surface area contributed by atoms with Crippen LogP contribution in [0.3, 0.4) is 0 Å². The van der Waals surface area contributed by atoms with Crippen LogP contribution in [0.2, 0.25) is 0 Å². The topological polar surface area (TPSA) is 75.8 Å². The van der Waals surface area contributed by atoms with Gasteiger partial charge in [0.05, 0.1) is 17.9 Å². The van der Waals surface area contributed by atoms with E-state index in [4.69, 9.17) is 4.74 Å². The fraction of sp³-hybridized carbons (Fsp3) is 0.368. The highest BCUT2D eigenvalue weighted by Crippen LogP contribution is 2.20. The zero-order chi connectivity index (χ0) is 18.6. The first-order valence-electron chi connectivity index (χ1n) is 8.34. The maximum Gasteiger partial charge on any atom is 0.340 e. The molecule has 2 aromatic rings. The number of carbonyl (C=O) groups excluding carboxylic acids is 2. The van der Waals surface area contributed by atoms with Crippen LogP contribution in [0.25, 0.3) is 0 Å². The van der Waals surface area contributed by atoms with Crippen molar-refractivity contribution in [2.45, 2.75) is 40.3 Å². The van der Waals surface area contributed by atoms with Crippen molar-refractivity contribution in [2.75, 3.05) is 6.61 Å². The Labute approximate surface area is 146 Å². The molecule has 0 bridgehead atoms. The summed E-state index contributed by atoms with van der Waals surface area (Å²) in [5.74, 6) is -0.849. The van der Waals surface area contributed by atoms with Gasteiger partial charge in [-0.05, 0) is 39.3 Å². The second-order valence-electron chi connectivity index (χ2n) is 6.03. The van der Waals surface area contributed by atoms with Crippen LogP contribution in [-0.2, 0) is 11.3 Å². The number of carbonyl (C=O) groups is 2. The van der Waals surface area contributed by atoms with E-state index in [0.717, 1.165) is 0 Å². The van der Waals surface area contributed by atoms with Gasteiger partial charge in [-0.25, -0.2) is 9.18 Å². The van der Waals surface area contributed by atoms with E-state index in [-0.39, 0.29) is 18.2 Å². The highest BCUT2D eigenvalue weighted by molar-refractivity contribution is 6.03. The summed E-state index contributed by atoms with van der Waals surface area (Å²) >= 11 is 0. The van der Waals surface area contributed by atoms with Gasteiger partial charge in [0, 0.05) is 11.3 Å². The molecule has 1 aromatic heterocycles. The van der Waals surface area contributed by atoms with Crippen molar-refractivity contribution < 1.29 is 24.0 Å². The molecule has 0 saturated heterocycles. The van der Waals surface area contributed by atoms with Gasteiger partial charge in [0.15, 0.2) is 0 Å². The van der Waals surface area contributed by atoms with Gasteiger partial charge in [0.1, 0.15) is 18.4 Å². The zero-order valence-corrected chi connectivity index (χ0v) is 15.0. The van der Waals surface area contributed by atoms with Gasteiger partial charge >= 0.3 is 5.97 Å². The standard InChI is InChI=1S/C19H23FN2O3/c1-5-25-19(24)16-11(2)17(22-12(16)3)18(23)13(4)21-10-14-8-6-7-9-15(14)20/h6-9,13,21-22H,5,10H2,1-4H3/p+1/t13-/m1/s1. The summed E-state index contributed by atoms with van der Waals surface area (Å²) in [5, 5.41) is 1.78. The molecule has 6 heteroatoms. The number of aromatic amines is 1. The lowest BCUT2D eigenvalue weighted by Crippen LogP contribution is -2.89. The number of aromatic nitrogens is 1. The van der Waals surface area contributed by atoms with Crippen molar-refractivity contribution in [1.29, 1.82) is 0 Å². The number of benzene rings is 1. The fourth-order valence-electron chi connectivity index (χ4n) is 2.81. The molecule has 1 atom stereocenters. The molecule has 3 N–H and O–H groups in total. The molecule has 0 saturated carbocycles. The van der Waals surface area contributed by atoms with Crippen LogP contribution in [0, 0.1) is 19.7 Å². The second-order valence-corrected chi connectivity index (χ2v) is 6.03. The molecule has 0 amide bonds. The Morgan fingerprint density at radius 1 is 1.28 bits per heavy atom. The molecule has 25 heavy (non-hydrogen) atoms. The number of halogens is 1. The third-order valence-corrected chi connectivity index (χ3v) is 4.23. The summed E-state index contributed by atoms with van der Waals surface area (Å²) in [7, 11) is 0. The van der Waals surface area contributed by atoms with Gasteiger partial charge in [-0.3, -0.25) is 4.79 Å². The molecule has 2 rings (SSSR count). The van der Waals surface area contributed by atoms with Crippen molar-refractivity contribution in [2.24, 2.45) is 0 Å². The first-order chi connectivity index (χ1) is 11.9. The van der Waals surface area contributed by atoms with Gasteiger partial charge in [-0.2, -0.15) is 0 Å². The Kier molecular flexibility index (Phi) is 6.09. The number of quaternary nitrogens is 1. The van der Waals surface area contributed by atoms with Crippen LogP contribution in [0.4, 0.5) is 4.39 Å². The number of rotatable bonds is 7. The maximum absolute atomic E-state index is 13.7. The average Bonchev–Trinajstić information content (AvgIpc) is 2.88. The number of ether oxygens (including phenoxy) is 1. The van der Waals surface area contributed by atoms with Crippen LogP contribution < -0.4 is 5.32 Å². The molecule has 0 aliphatic rings. The SMILES string of the molecule is CCOC(=O)c1c(C)[nH]c(C(=O)[C@@H](C)[NH2+]Cc2ccccc2F)c1C. The first-order valence-corrected chi connectivity index (χ1v) is 8.34. The second kappa shape index (κ2) is 8.07. The third kappa shape index (κ3) is 4.14. The predicted octanol–water partition coefficient (Wildman–Crippen LogP) is 2.28. The summed E-state index contributed by atoms with van der Waals surface area (Å²) in [5.41, 5.74) is 2.56. The van der Waals surface area contributed by atoms with Crippen molar-refractivity contribution in [3.05, 3.63) is 58.2 Å². The Morgan fingerprint density at radius 2 is 1.96 bits per heavy atom. The minimum Gasteiger partial charge on any atom is -0.462 e. The number of aryl methyl sites for hydroxylation is 1. The summed E-state index contributed by atoms with van der Waals surface area (Å²) in [6.07, 6.45) is 0. The first kappa shape index (κ1) is 18.9. The van der Waals surface area contributed by atoms with E-state index in [0.29, 0.717) is 34.6 Å². The summed E-state index contributed by atoms with van der Waals surface area (Å²) < 4.78 is 18.7. The van der Waals surface area contributed by atoms with Gasteiger partial charge in [0.25, 0.3) is 0 Å². The molecule has 0 spiro atoms. The Morgan fingerprint density at radius 3 is 2.60 bits per heavy atom. The number of H-pyrrole nitrogens is 1. The molecule has 5 nitrogen and oxygen atoms in total. The van der Waals surface area contributed by atoms with E-state index in [9.17, 15) is 14.0 Å². The largest absolute Gasteiger partial charge is 0.462 e. The molecule has 0 radical (unpaired) electrons. The predicted molar refractivity (Wildman–Crippen MR) is 92.0 cm³/mol. The summed E-state index contributed by atoms with van der Waals surface area (Å²) in [6.45, 7) is 7.61. The molecule has 0 unspecified atom stereocenters. The van der Waals surface area contributed by atoms with Gasteiger partial charge < -0.3 is 15.0 Å². The lowest BCUT2D eigenvalue weighted by Gasteiger charge is -2.10. The number of ketones is 1. The molecular formula is C19H24FN2O3+. The van der Waals surface area contributed by atoms with E-state index >= 15 is 0 Å². The van der Waals surface area contributed by atoms with Crippen LogP contribution in [-0.4, -0.2) is 29.4 Å². The monoisotopic (exact) mass is 347 g/mol. The van der Waals surface area contributed by atoms with Crippen molar-refractivity contribution >= 4 is 11.8 Å². The summed E-state index contributed by atoms with van der Waals surface area (Å²) in [6, 6.07) is 6.09. The molecule has 0 aliphatic heterocycles. The smallest absolute Gasteiger partial charge is 0.340 e. The summed E-state index contributed by atoms with van der Waals surface area (Å²) in [4.78, 5) is 27.7. The fourth-order valence-corrected chi connectivity index (χ4v) is 2.81. The molecule has 0 fully saturated rings. The van der Waals surface area contributed by atoms with Gasteiger partial charge in [-0.15, -0.1) is 0 Å². The molecule has 1 aromatic carbocycles. The minimum absolute atomic E-state index is 0.132. The Balaban J connectivity index is 2.13. The van der Waals surface area contributed by atoms with E-state index in [2.05, 4.69) is 4.98 Å². The number of Topliss-reactive ketones (excluding diaryl/α,β-unsaturated/α-hetero) is 1. The van der Waals surface area contributed by atoms with Gasteiger partial charge in [-0.1, -0.05) is 18.2 Å². The lowest BCUT2D eigenvalue weighted by atomic mass is 10.0. The van der Waals surface area contributed by atoms with Crippen molar-refractivity contribution in [1.82, 2.24) is 4.98 Å². The van der Waals surface area contributed by atoms with Crippen LogP contribution in [0.15, 0.2) is 24.3 Å². The molecule has 1 heterocycles. The Hall–Kier alpha value is -2.47. The van der Waals surface area contributed by atoms with E-state index in [1.807, 2.05) is 0 Å². The van der Waals surface area contributed by atoms with E-state index in [1.165, 1.54) is 6.07 Å². The average molecular weight is 347 g/mol. The van der Waals surface area contributed by atoms with Crippen LogP contribution in [0.1, 0.15) is 51.5 Å². The van der Waals surface area contributed by atoms with E-state index in [1.54, 1.807) is 51.2 Å². The Bertz CT molecular complexity index is 783. The highest BCUT2D eigenvalue weighted by Gasteiger charge is 2.27. The zero-order valence-electron chi connectivity index (χ0n) is 15.0. The minimum atomic E-state index is -0.434. The van der Waals surface area contributed by atoms with Crippen LogP contribution >= 0.6 is 0 Å². The van der Waals surface area contributed by atoms with Crippen LogP contribution in [0.5, 0.6) is 0 Å². The molecule has 0 aliphatic carbocycles.